The van der Waals surface area contributed by atoms with Gasteiger partial charge in [-0.2, -0.15) is 0 Å². The first-order valence-electron chi connectivity index (χ1n) is 5.62. The number of nitrogens with zero attached hydrogens (tertiary/aromatic N) is 1. The van der Waals surface area contributed by atoms with Crippen LogP contribution in [0.2, 0.25) is 0 Å². The average Bonchev–Trinajstić information content (AvgIpc) is 2.39. The topological polar surface area (TPSA) is 80.0 Å². The minimum Gasteiger partial charge on any atom is -0.399 e. The van der Waals surface area contributed by atoms with Crippen LogP contribution >= 0.6 is 0 Å². The highest BCUT2D eigenvalue weighted by Crippen LogP contribution is 2.24. The van der Waals surface area contributed by atoms with Crippen LogP contribution in [0.4, 0.5) is 11.5 Å². The van der Waals surface area contributed by atoms with Gasteiger partial charge in [0.05, 0.1) is 5.56 Å². The van der Waals surface area contributed by atoms with Crippen LogP contribution in [0.5, 0.6) is 0 Å². The Morgan fingerprint density at radius 2 is 1.89 bits per heavy atom. The number of hydrogen-bond donors (Lipinski definition) is 3. The molecule has 0 spiro atoms. The number of fused-ring (bicyclic) bond motifs is 1. The number of amides is 1. The molecule has 1 aliphatic rings. The van der Waals surface area contributed by atoms with Crippen LogP contribution in [-0.2, 0) is 0 Å². The molecule has 5 nitrogen and oxygen atoms in total. The summed E-state index contributed by atoms with van der Waals surface area (Å²) in [7, 11) is 0. The van der Waals surface area contributed by atoms with Crippen molar-refractivity contribution in [2.45, 2.75) is 6.17 Å². The molecular weight excluding hydrogens is 228 g/mol. The van der Waals surface area contributed by atoms with Crippen LogP contribution in [0.15, 0.2) is 42.6 Å². The van der Waals surface area contributed by atoms with Gasteiger partial charge >= 0.3 is 0 Å². The third-order valence-electron chi connectivity index (χ3n) is 2.88. The second-order valence-corrected chi connectivity index (χ2v) is 4.12. The normalized spacial score (nSPS) is 17.6. The van der Waals surface area contributed by atoms with Crippen molar-refractivity contribution in [2.24, 2.45) is 0 Å². The third-order valence-corrected chi connectivity index (χ3v) is 2.88. The molecule has 5 heteroatoms. The fourth-order valence-corrected chi connectivity index (χ4v) is 1.94. The Labute approximate surface area is 104 Å². The summed E-state index contributed by atoms with van der Waals surface area (Å²) >= 11 is 0. The van der Waals surface area contributed by atoms with Gasteiger partial charge in [-0.15, -0.1) is 0 Å². The molecule has 0 unspecified atom stereocenters. The molecule has 3 rings (SSSR count). The summed E-state index contributed by atoms with van der Waals surface area (Å²) in [5, 5.41) is 6.06. The molecule has 0 aliphatic carbocycles. The first-order chi connectivity index (χ1) is 8.74. The van der Waals surface area contributed by atoms with Gasteiger partial charge in [0.15, 0.2) is 0 Å². The van der Waals surface area contributed by atoms with E-state index in [0.29, 0.717) is 17.1 Å². The number of pyridine rings is 1. The minimum atomic E-state index is -0.277. The number of nitrogens with two attached hydrogens (primary N) is 1. The summed E-state index contributed by atoms with van der Waals surface area (Å²) in [6, 6.07) is 10.8. The molecule has 0 saturated carbocycles. The fraction of sp³-hybridized carbons (Fsp3) is 0.0769. The number of rotatable bonds is 1. The Bertz CT molecular complexity index is 594. The van der Waals surface area contributed by atoms with E-state index in [4.69, 9.17) is 5.73 Å². The lowest BCUT2D eigenvalue weighted by Crippen LogP contribution is -2.38. The summed E-state index contributed by atoms with van der Waals surface area (Å²) in [5.41, 5.74) is 7.83. The van der Waals surface area contributed by atoms with Crippen molar-refractivity contribution in [3.8, 4) is 0 Å². The Balaban J connectivity index is 1.94. The third kappa shape index (κ3) is 1.75. The zero-order chi connectivity index (χ0) is 12.5. The van der Waals surface area contributed by atoms with E-state index >= 15 is 0 Å². The largest absolute Gasteiger partial charge is 0.399 e. The second-order valence-electron chi connectivity index (χ2n) is 4.12. The smallest absolute Gasteiger partial charge is 0.256 e. The lowest BCUT2D eigenvalue weighted by atomic mass is 10.1. The summed E-state index contributed by atoms with van der Waals surface area (Å²) < 4.78 is 0. The number of carbonyl (C=O) groups excluding carboxylic acids is 1. The summed E-state index contributed by atoms with van der Waals surface area (Å²) in [4.78, 5) is 16.1. The number of aromatic nitrogens is 1. The number of carbonyl (C=O) groups is 1. The van der Waals surface area contributed by atoms with Gasteiger partial charge in [-0.05, 0) is 29.8 Å². The molecule has 18 heavy (non-hydrogen) atoms. The van der Waals surface area contributed by atoms with E-state index < -0.39 is 0 Å². The molecular formula is C13H12N4O. The van der Waals surface area contributed by atoms with Gasteiger partial charge in [0.25, 0.3) is 5.91 Å². The lowest BCUT2D eigenvalue weighted by Gasteiger charge is -2.27. The highest BCUT2D eigenvalue weighted by Gasteiger charge is 2.24. The van der Waals surface area contributed by atoms with Crippen molar-refractivity contribution < 1.29 is 4.79 Å². The van der Waals surface area contributed by atoms with E-state index in [9.17, 15) is 4.79 Å². The maximum Gasteiger partial charge on any atom is 0.256 e. The zero-order valence-corrected chi connectivity index (χ0v) is 9.55. The van der Waals surface area contributed by atoms with Crippen LogP contribution in [0, 0.1) is 0 Å². The van der Waals surface area contributed by atoms with Gasteiger partial charge < -0.3 is 16.4 Å². The number of benzene rings is 1. The molecule has 2 aromatic rings. The molecule has 90 valence electrons. The van der Waals surface area contributed by atoms with Crippen LogP contribution < -0.4 is 16.4 Å². The van der Waals surface area contributed by atoms with E-state index in [0.717, 1.165) is 5.56 Å². The van der Waals surface area contributed by atoms with Crippen molar-refractivity contribution in [2.75, 3.05) is 11.1 Å². The standard InChI is InChI=1S/C13H12N4O/c14-9-5-3-8(4-6-9)11-16-12-10(13(18)17-11)2-1-7-15-12/h1-7,11H,14H2,(H,15,16)(H,17,18)/t11-/m1/s1. The lowest BCUT2D eigenvalue weighted by molar-refractivity contribution is 0.0935. The monoisotopic (exact) mass is 240 g/mol. The molecule has 1 aliphatic heterocycles. The first kappa shape index (κ1) is 10.6. The van der Waals surface area contributed by atoms with Gasteiger partial charge in [0, 0.05) is 11.9 Å². The number of hydrogen-bond acceptors (Lipinski definition) is 4. The fourth-order valence-electron chi connectivity index (χ4n) is 1.94. The summed E-state index contributed by atoms with van der Waals surface area (Å²) in [6.07, 6.45) is 1.38. The van der Waals surface area contributed by atoms with Crippen molar-refractivity contribution in [3.63, 3.8) is 0 Å². The van der Waals surface area contributed by atoms with Gasteiger partial charge in [-0.1, -0.05) is 12.1 Å². The molecule has 1 aromatic heterocycles. The van der Waals surface area contributed by atoms with Gasteiger partial charge in [-0.3, -0.25) is 4.79 Å². The van der Waals surface area contributed by atoms with Crippen LogP contribution in [-0.4, -0.2) is 10.9 Å². The number of nitrogen functional groups attached to an aromatic ring is 1. The Morgan fingerprint density at radius 3 is 2.67 bits per heavy atom. The number of nitrogens with one attached hydrogen (secondary N) is 2. The van der Waals surface area contributed by atoms with E-state index in [1.807, 2.05) is 12.1 Å². The minimum absolute atomic E-state index is 0.126. The van der Waals surface area contributed by atoms with Crippen LogP contribution in [0.25, 0.3) is 0 Å². The summed E-state index contributed by atoms with van der Waals surface area (Å²) in [5.74, 6) is 0.474. The molecule has 4 N–H and O–H groups in total. The Kier molecular flexibility index (Phi) is 2.37. The van der Waals surface area contributed by atoms with Gasteiger partial charge in [0.1, 0.15) is 12.0 Å². The predicted octanol–water partition coefficient (Wildman–Crippen LogP) is 1.52. The number of anilines is 2. The van der Waals surface area contributed by atoms with E-state index in [2.05, 4.69) is 15.6 Å². The summed E-state index contributed by atoms with van der Waals surface area (Å²) in [6.45, 7) is 0. The van der Waals surface area contributed by atoms with E-state index in [-0.39, 0.29) is 12.1 Å². The Morgan fingerprint density at radius 1 is 1.11 bits per heavy atom. The van der Waals surface area contributed by atoms with Crippen molar-refractivity contribution >= 4 is 17.4 Å². The molecule has 1 atom stereocenters. The predicted molar refractivity (Wildman–Crippen MR) is 68.9 cm³/mol. The van der Waals surface area contributed by atoms with Crippen molar-refractivity contribution in [1.82, 2.24) is 10.3 Å². The molecule has 0 saturated heterocycles. The molecule has 1 aromatic carbocycles. The van der Waals surface area contributed by atoms with Crippen LogP contribution in [0.1, 0.15) is 22.1 Å². The SMILES string of the molecule is Nc1ccc([C@H]2NC(=O)c3cccnc3N2)cc1. The highest BCUT2D eigenvalue weighted by atomic mass is 16.2. The van der Waals surface area contributed by atoms with Crippen LogP contribution in [0.3, 0.4) is 0 Å². The molecule has 2 heterocycles. The molecule has 1 amide bonds. The first-order valence-corrected chi connectivity index (χ1v) is 5.62. The Hall–Kier alpha value is -2.56. The maximum absolute atomic E-state index is 11.9. The molecule has 0 bridgehead atoms. The maximum atomic E-state index is 11.9. The second kappa shape index (κ2) is 4.03. The quantitative estimate of drug-likeness (QED) is 0.660. The highest BCUT2D eigenvalue weighted by molar-refractivity contribution is 6.00. The van der Waals surface area contributed by atoms with Gasteiger partial charge in [-0.25, -0.2) is 4.98 Å². The van der Waals surface area contributed by atoms with Crippen molar-refractivity contribution in [3.05, 3.63) is 53.7 Å². The molecule has 0 radical (unpaired) electrons. The van der Waals surface area contributed by atoms with E-state index in [1.165, 1.54) is 0 Å². The van der Waals surface area contributed by atoms with E-state index in [1.54, 1.807) is 30.5 Å². The average molecular weight is 240 g/mol. The van der Waals surface area contributed by atoms with Gasteiger partial charge in [0.2, 0.25) is 0 Å². The molecule has 0 fully saturated rings. The van der Waals surface area contributed by atoms with Crippen molar-refractivity contribution in [1.29, 1.82) is 0 Å². The zero-order valence-electron chi connectivity index (χ0n) is 9.55.